The van der Waals surface area contributed by atoms with Gasteiger partial charge in [0.15, 0.2) is 0 Å². The van der Waals surface area contributed by atoms with E-state index in [1.165, 1.54) is 11.8 Å². The SMILES string of the molecule is CN(CC=O)c1ccc2c(c1)NC(=O)CS2. The highest BCUT2D eigenvalue weighted by molar-refractivity contribution is 8.00. The number of fused-ring (bicyclic) bond motifs is 1. The van der Waals surface area contributed by atoms with Gasteiger partial charge in [0.05, 0.1) is 18.0 Å². The molecule has 16 heavy (non-hydrogen) atoms. The van der Waals surface area contributed by atoms with Crippen LogP contribution in [0.4, 0.5) is 11.4 Å². The van der Waals surface area contributed by atoms with Gasteiger partial charge in [-0.3, -0.25) is 4.79 Å². The van der Waals surface area contributed by atoms with Gasteiger partial charge in [0.2, 0.25) is 5.91 Å². The van der Waals surface area contributed by atoms with E-state index in [2.05, 4.69) is 5.32 Å². The fourth-order valence-corrected chi connectivity index (χ4v) is 2.31. The van der Waals surface area contributed by atoms with Gasteiger partial charge in [-0.15, -0.1) is 11.8 Å². The van der Waals surface area contributed by atoms with Gasteiger partial charge in [-0.1, -0.05) is 0 Å². The second kappa shape index (κ2) is 4.57. The molecule has 1 heterocycles. The number of hydrogen-bond donors (Lipinski definition) is 1. The molecule has 0 bridgehead atoms. The Kier molecular flexibility index (Phi) is 3.14. The van der Waals surface area contributed by atoms with Gasteiger partial charge < -0.3 is 15.0 Å². The van der Waals surface area contributed by atoms with Gasteiger partial charge in [-0.05, 0) is 18.2 Å². The summed E-state index contributed by atoms with van der Waals surface area (Å²) >= 11 is 1.53. The first-order chi connectivity index (χ1) is 7.70. The average Bonchev–Trinajstić information content (AvgIpc) is 2.28. The number of likely N-dealkylation sites (N-methyl/N-ethyl adjacent to an activating group) is 1. The zero-order valence-corrected chi connectivity index (χ0v) is 9.71. The summed E-state index contributed by atoms with van der Waals surface area (Å²) < 4.78 is 0. The van der Waals surface area contributed by atoms with E-state index in [4.69, 9.17) is 0 Å². The number of nitrogens with one attached hydrogen (secondary N) is 1. The van der Waals surface area contributed by atoms with Crippen LogP contribution >= 0.6 is 11.8 Å². The molecule has 1 aliphatic heterocycles. The Labute approximate surface area is 98.0 Å². The number of hydrogen-bond acceptors (Lipinski definition) is 4. The van der Waals surface area contributed by atoms with Crippen LogP contribution in [0.3, 0.4) is 0 Å². The van der Waals surface area contributed by atoms with Crippen molar-refractivity contribution in [2.24, 2.45) is 0 Å². The van der Waals surface area contributed by atoms with Crippen LogP contribution in [-0.2, 0) is 9.59 Å². The number of rotatable bonds is 3. The van der Waals surface area contributed by atoms with Crippen molar-refractivity contribution in [2.45, 2.75) is 4.90 Å². The third kappa shape index (κ3) is 2.19. The first kappa shape index (κ1) is 11.0. The Morgan fingerprint density at radius 3 is 3.12 bits per heavy atom. The lowest BCUT2D eigenvalue weighted by Gasteiger charge is -2.21. The lowest BCUT2D eigenvalue weighted by Crippen LogP contribution is -2.21. The summed E-state index contributed by atoms with van der Waals surface area (Å²) in [6, 6.07) is 5.81. The number of carbonyl (C=O) groups is 2. The third-order valence-electron chi connectivity index (χ3n) is 2.39. The molecule has 0 saturated heterocycles. The Hall–Kier alpha value is -1.49. The van der Waals surface area contributed by atoms with Crippen LogP contribution in [0.15, 0.2) is 23.1 Å². The highest BCUT2D eigenvalue weighted by Gasteiger charge is 2.15. The zero-order valence-electron chi connectivity index (χ0n) is 8.90. The summed E-state index contributed by atoms with van der Waals surface area (Å²) in [6.45, 7) is 0.347. The van der Waals surface area contributed by atoms with Crippen LogP contribution in [0, 0.1) is 0 Å². The quantitative estimate of drug-likeness (QED) is 0.805. The summed E-state index contributed by atoms with van der Waals surface area (Å²) in [7, 11) is 1.84. The molecule has 1 amide bonds. The molecule has 0 aromatic heterocycles. The second-order valence-corrected chi connectivity index (χ2v) is 4.58. The van der Waals surface area contributed by atoms with Crippen molar-refractivity contribution in [3.05, 3.63) is 18.2 Å². The molecule has 0 unspecified atom stereocenters. The van der Waals surface area contributed by atoms with Crippen LogP contribution in [0.2, 0.25) is 0 Å². The largest absolute Gasteiger partial charge is 0.368 e. The maximum Gasteiger partial charge on any atom is 0.234 e. The minimum Gasteiger partial charge on any atom is -0.368 e. The summed E-state index contributed by atoms with van der Waals surface area (Å²) in [5, 5.41) is 2.82. The van der Waals surface area contributed by atoms with Gasteiger partial charge in [0.1, 0.15) is 6.29 Å². The van der Waals surface area contributed by atoms with Crippen LogP contribution in [0.1, 0.15) is 0 Å². The second-order valence-electron chi connectivity index (χ2n) is 3.56. The van der Waals surface area contributed by atoms with Crippen molar-refractivity contribution in [1.82, 2.24) is 0 Å². The van der Waals surface area contributed by atoms with Crippen molar-refractivity contribution in [3.63, 3.8) is 0 Å². The molecule has 0 saturated carbocycles. The van der Waals surface area contributed by atoms with E-state index in [1.807, 2.05) is 30.1 Å². The van der Waals surface area contributed by atoms with E-state index < -0.39 is 0 Å². The normalized spacial score (nSPS) is 13.9. The minimum atomic E-state index is 0.0210. The molecular weight excluding hydrogens is 224 g/mol. The standard InChI is InChI=1S/C11H12N2O2S/c1-13(4-5-14)8-2-3-10-9(6-8)12-11(15)7-16-10/h2-3,5-6H,4,7H2,1H3,(H,12,15). The summed E-state index contributed by atoms with van der Waals surface area (Å²) in [4.78, 5) is 24.5. The van der Waals surface area contributed by atoms with Gasteiger partial charge in [0, 0.05) is 17.6 Å². The molecule has 0 radical (unpaired) electrons. The molecule has 84 valence electrons. The Morgan fingerprint density at radius 2 is 2.38 bits per heavy atom. The molecule has 1 N–H and O–H groups in total. The van der Waals surface area contributed by atoms with Gasteiger partial charge >= 0.3 is 0 Å². The number of amides is 1. The molecule has 0 fully saturated rings. The van der Waals surface area contributed by atoms with E-state index in [9.17, 15) is 9.59 Å². The lowest BCUT2D eigenvalue weighted by atomic mass is 10.2. The molecule has 1 aromatic carbocycles. The highest BCUT2D eigenvalue weighted by atomic mass is 32.2. The molecule has 0 aliphatic carbocycles. The number of benzene rings is 1. The lowest BCUT2D eigenvalue weighted by molar-refractivity contribution is -0.114. The van der Waals surface area contributed by atoms with Crippen molar-refractivity contribution < 1.29 is 9.59 Å². The van der Waals surface area contributed by atoms with E-state index in [0.717, 1.165) is 22.6 Å². The maximum atomic E-state index is 11.2. The Balaban J connectivity index is 2.27. The number of carbonyl (C=O) groups excluding carboxylic acids is 2. The number of nitrogens with zero attached hydrogens (tertiary/aromatic N) is 1. The number of thioether (sulfide) groups is 1. The maximum absolute atomic E-state index is 11.2. The van der Waals surface area contributed by atoms with Gasteiger partial charge in [0.25, 0.3) is 0 Å². The van der Waals surface area contributed by atoms with E-state index in [0.29, 0.717) is 12.3 Å². The Bertz CT molecular complexity index is 434. The topological polar surface area (TPSA) is 49.4 Å². The highest BCUT2D eigenvalue weighted by Crippen LogP contribution is 2.33. The van der Waals surface area contributed by atoms with Crippen molar-refractivity contribution in [2.75, 3.05) is 29.6 Å². The zero-order chi connectivity index (χ0) is 11.5. The van der Waals surface area contributed by atoms with Crippen molar-refractivity contribution in [3.8, 4) is 0 Å². The molecule has 0 spiro atoms. The molecule has 5 heteroatoms. The van der Waals surface area contributed by atoms with E-state index in [-0.39, 0.29) is 5.91 Å². The third-order valence-corrected chi connectivity index (χ3v) is 3.46. The molecular formula is C11H12N2O2S. The van der Waals surface area contributed by atoms with E-state index in [1.54, 1.807) is 0 Å². The first-order valence-corrected chi connectivity index (χ1v) is 5.91. The van der Waals surface area contributed by atoms with Gasteiger partial charge in [-0.25, -0.2) is 0 Å². The van der Waals surface area contributed by atoms with Crippen LogP contribution in [0.25, 0.3) is 0 Å². The molecule has 1 aliphatic rings. The Morgan fingerprint density at radius 1 is 1.56 bits per heavy atom. The monoisotopic (exact) mass is 236 g/mol. The molecule has 2 rings (SSSR count). The van der Waals surface area contributed by atoms with Crippen molar-refractivity contribution in [1.29, 1.82) is 0 Å². The number of aldehydes is 1. The van der Waals surface area contributed by atoms with Crippen LogP contribution in [0.5, 0.6) is 0 Å². The molecule has 1 aromatic rings. The van der Waals surface area contributed by atoms with Gasteiger partial charge in [-0.2, -0.15) is 0 Å². The predicted octanol–water partition coefficient (Wildman–Crippen LogP) is 1.37. The number of anilines is 2. The van der Waals surface area contributed by atoms with Crippen molar-refractivity contribution >= 4 is 35.3 Å². The average molecular weight is 236 g/mol. The predicted molar refractivity (Wildman–Crippen MR) is 65.1 cm³/mol. The summed E-state index contributed by atoms with van der Waals surface area (Å²) in [5.74, 6) is 0.490. The minimum absolute atomic E-state index is 0.0210. The fourth-order valence-electron chi connectivity index (χ4n) is 1.53. The van der Waals surface area contributed by atoms with Crippen LogP contribution in [-0.4, -0.2) is 31.5 Å². The van der Waals surface area contributed by atoms with E-state index >= 15 is 0 Å². The molecule has 0 atom stereocenters. The molecule has 4 nitrogen and oxygen atoms in total. The van der Waals surface area contributed by atoms with Crippen LogP contribution < -0.4 is 10.2 Å². The smallest absolute Gasteiger partial charge is 0.234 e. The fraction of sp³-hybridized carbons (Fsp3) is 0.273. The summed E-state index contributed by atoms with van der Waals surface area (Å²) in [5.41, 5.74) is 1.75. The summed E-state index contributed by atoms with van der Waals surface area (Å²) in [6.07, 6.45) is 0.854. The first-order valence-electron chi connectivity index (χ1n) is 4.92.